The Kier molecular flexibility index (Phi) is 2.45. The number of carbonyl (C=O) groups is 1. The molecule has 1 N–H and O–H groups in total. The zero-order valence-electron chi connectivity index (χ0n) is 10.2. The van der Waals surface area contributed by atoms with Gasteiger partial charge in [0.15, 0.2) is 11.2 Å². The van der Waals surface area contributed by atoms with Gasteiger partial charge in [-0.05, 0) is 18.6 Å². The normalized spacial score (nSPS) is 14.4. The molecule has 0 bridgehead atoms. The Balaban J connectivity index is 2.20. The van der Waals surface area contributed by atoms with E-state index in [4.69, 9.17) is 13.9 Å². The molecule has 1 aliphatic rings. The predicted molar refractivity (Wildman–Crippen MR) is 67.2 cm³/mol. The topological polar surface area (TPSA) is 83.9 Å². The highest BCUT2D eigenvalue weighted by Gasteiger charge is 2.22. The third-order valence-corrected chi connectivity index (χ3v) is 3.15. The first-order valence-corrected chi connectivity index (χ1v) is 5.85. The number of carboxylic acids is 1. The summed E-state index contributed by atoms with van der Waals surface area (Å²) in [6, 6.07) is 3.36. The number of hydrogen-bond donors (Lipinski definition) is 1. The lowest BCUT2D eigenvalue weighted by atomic mass is 9.99. The third-order valence-electron chi connectivity index (χ3n) is 3.15. The molecule has 2 aromatic rings. The molecule has 0 atom stereocenters. The van der Waals surface area contributed by atoms with Crippen LogP contribution in [0.5, 0.6) is 0 Å². The second-order valence-corrected chi connectivity index (χ2v) is 4.30. The molecule has 0 saturated heterocycles. The van der Waals surface area contributed by atoms with Gasteiger partial charge in [0, 0.05) is 30.9 Å². The fourth-order valence-electron chi connectivity index (χ4n) is 2.26. The van der Waals surface area contributed by atoms with Gasteiger partial charge in [-0.1, -0.05) is 0 Å². The van der Waals surface area contributed by atoms with Crippen LogP contribution in [0, 0.1) is 0 Å². The van der Waals surface area contributed by atoms with Gasteiger partial charge in [0.2, 0.25) is 0 Å². The zero-order valence-corrected chi connectivity index (χ0v) is 10.2. The highest BCUT2D eigenvalue weighted by molar-refractivity contribution is 5.90. The fourth-order valence-corrected chi connectivity index (χ4v) is 2.26. The van der Waals surface area contributed by atoms with Crippen molar-refractivity contribution in [1.29, 1.82) is 0 Å². The molecule has 0 unspecified atom stereocenters. The Labute approximate surface area is 107 Å². The molecule has 3 rings (SSSR count). The summed E-state index contributed by atoms with van der Waals surface area (Å²) >= 11 is 0. The van der Waals surface area contributed by atoms with E-state index >= 15 is 0 Å². The summed E-state index contributed by atoms with van der Waals surface area (Å²) in [5.41, 5.74) is 2.66. The van der Waals surface area contributed by atoms with Crippen LogP contribution in [0.1, 0.15) is 12.5 Å². The van der Waals surface area contributed by atoms with Crippen molar-refractivity contribution >= 4 is 22.8 Å². The van der Waals surface area contributed by atoms with E-state index in [1.807, 2.05) is 11.8 Å². The van der Waals surface area contributed by atoms with Crippen LogP contribution in [0.2, 0.25) is 0 Å². The second kappa shape index (κ2) is 4.01. The lowest BCUT2D eigenvalue weighted by Crippen LogP contribution is -2.24. The SMILES string of the molecule is CCN1C=C(C(=O)O)Cc2cc3oc(=O)oc3cc21. The maximum atomic E-state index is 11.1. The lowest BCUT2D eigenvalue weighted by Gasteiger charge is -2.26. The van der Waals surface area contributed by atoms with E-state index < -0.39 is 11.8 Å². The van der Waals surface area contributed by atoms with E-state index in [1.54, 1.807) is 18.3 Å². The van der Waals surface area contributed by atoms with E-state index in [1.165, 1.54) is 0 Å². The lowest BCUT2D eigenvalue weighted by molar-refractivity contribution is -0.132. The van der Waals surface area contributed by atoms with Gasteiger partial charge in [-0.25, -0.2) is 9.59 Å². The minimum Gasteiger partial charge on any atom is -0.478 e. The Morgan fingerprint density at radius 1 is 1.37 bits per heavy atom. The van der Waals surface area contributed by atoms with Gasteiger partial charge in [-0.3, -0.25) is 0 Å². The summed E-state index contributed by atoms with van der Waals surface area (Å²) in [7, 11) is 0. The molecule has 2 heterocycles. The molecule has 0 fully saturated rings. The first kappa shape index (κ1) is 11.6. The molecular formula is C13H11NO5. The van der Waals surface area contributed by atoms with Crippen molar-refractivity contribution in [2.45, 2.75) is 13.3 Å². The molecule has 6 heteroatoms. The van der Waals surface area contributed by atoms with Crippen molar-refractivity contribution in [3.8, 4) is 0 Å². The van der Waals surface area contributed by atoms with Gasteiger partial charge in [0.05, 0.1) is 5.57 Å². The molecule has 6 nitrogen and oxygen atoms in total. The van der Waals surface area contributed by atoms with Crippen LogP contribution in [-0.4, -0.2) is 17.6 Å². The summed E-state index contributed by atoms with van der Waals surface area (Å²) in [5.74, 6) is -1.70. The number of hydrogen-bond acceptors (Lipinski definition) is 5. The van der Waals surface area contributed by atoms with Crippen LogP contribution in [-0.2, 0) is 11.2 Å². The Bertz CT molecular complexity index is 752. The molecule has 1 aromatic carbocycles. The van der Waals surface area contributed by atoms with Gasteiger partial charge >= 0.3 is 11.8 Å². The minimum atomic E-state index is -0.946. The van der Waals surface area contributed by atoms with Gasteiger partial charge in [-0.2, -0.15) is 0 Å². The summed E-state index contributed by atoms with van der Waals surface area (Å²) in [6.07, 6.45) is 1.90. The maximum Gasteiger partial charge on any atom is 0.519 e. The van der Waals surface area contributed by atoms with Crippen molar-refractivity contribution in [1.82, 2.24) is 0 Å². The minimum absolute atomic E-state index is 0.298. The third kappa shape index (κ3) is 1.81. The van der Waals surface area contributed by atoms with Crippen LogP contribution < -0.4 is 10.7 Å². The number of aliphatic carboxylic acids is 1. The van der Waals surface area contributed by atoms with Crippen molar-refractivity contribution in [3.05, 3.63) is 40.1 Å². The van der Waals surface area contributed by atoms with Gasteiger partial charge in [0.25, 0.3) is 0 Å². The Morgan fingerprint density at radius 3 is 2.68 bits per heavy atom. The molecule has 0 radical (unpaired) electrons. The average Bonchev–Trinajstić information content (AvgIpc) is 2.73. The van der Waals surface area contributed by atoms with Crippen molar-refractivity contribution in [3.63, 3.8) is 0 Å². The van der Waals surface area contributed by atoms with Crippen molar-refractivity contribution < 1.29 is 18.7 Å². The quantitative estimate of drug-likeness (QED) is 0.886. The molecule has 19 heavy (non-hydrogen) atoms. The number of anilines is 1. The Hall–Kier alpha value is -2.50. The van der Waals surface area contributed by atoms with E-state index in [2.05, 4.69) is 0 Å². The predicted octanol–water partition coefficient (Wildman–Crippen LogP) is 1.74. The fraction of sp³-hybridized carbons (Fsp3) is 0.231. The zero-order chi connectivity index (χ0) is 13.6. The summed E-state index contributed by atoms with van der Waals surface area (Å²) in [5, 5.41) is 9.11. The van der Waals surface area contributed by atoms with E-state index in [0.717, 1.165) is 11.3 Å². The molecule has 0 amide bonds. The van der Waals surface area contributed by atoms with E-state index in [0.29, 0.717) is 29.7 Å². The van der Waals surface area contributed by atoms with Gasteiger partial charge < -0.3 is 18.8 Å². The largest absolute Gasteiger partial charge is 0.519 e. The van der Waals surface area contributed by atoms with Crippen LogP contribution in [0.4, 0.5) is 5.69 Å². The highest BCUT2D eigenvalue weighted by Crippen LogP contribution is 2.32. The monoisotopic (exact) mass is 261 g/mol. The van der Waals surface area contributed by atoms with Gasteiger partial charge in [0.1, 0.15) is 0 Å². The van der Waals surface area contributed by atoms with Crippen LogP contribution in [0.25, 0.3) is 11.2 Å². The maximum absolute atomic E-state index is 11.1. The number of benzene rings is 1. The van der Waals surface area contributed by atoms with Crippen molar-refractivity contribution in [2.24, 2.45) is 0 Å². The molecular weight excluding hydrogens is 250 g/mol. The molecule has 0 spiro atoms. The number of rotatable bonds is 2. The smallest absolute Gasteiger partial charge is 0.478 e. The van der Waals surface area contributed by atoms with Crippen molar-refractivity contribution in [2.75, 3.05) is 11.4 Å². The molecule has 0 saturated carbocycles. The molecule has 0 aliphatic carbocycles. The summed E-state index contributed by atoms with van der Waals surface area (Å²) in [6.45, 7) is 2.54. The first-order valence-electron chi connectivity index (χ1n) is 5.85. The average molecular weight is 261 g/mol. The molecule has 1 aromatic heterocycles. The highest BCUT2D eigenvalue weighted by atomic mass is 16.6. The summed E-state index contributed by atoms with van der Waals surface area (Å²) in [4.78, 5) is 24.0. The van der Waals surface area contributed by atoms with E-state index in [-0.39, 0.29) is 0 Å². The molecule has 98 valence electrons. The first-order chi connectivity index (χ1) is 9.08. The number of carboxylic acid groups (broad SMARTS) is 1. The van der Waals surface area contributed by atoms with Crippen LogP contribution in [0.15, 0.2) is 37.5 Å². The number of nitrogens with zero attached hydrogens (tertiary/aromatic N) is 1. The number of fused-ring (bicyclic) bond motifs is 2. The van der Waals surface area contributed by atoms with Crippen LogP contribution in [0.3, 0.4) is 0 Å². The Morgan fingerprint density at radius 2 is 2.05 bits per heavy atom. The summed E-state index contributed by atoms with van der Waals surface area (Å²) < 4.78 is 9.81. The van der Waals surface area contributed by atoms with E-state index in [9.17, 15) is 9.59 Å². The second-order valence-electron chi connectivity index (χ2n) is 4.30. The van der Waals surface area contributed by atoms with Gasteiger partial charge in [-0.15, -0.1) is 0 Å². The standard InChI is InChI=1S/C13H11NO5/c1-2-14-6-8(12(15)16)3-7-4-10-11(5-9(7)14)19-13(17)18-10/h4-6H,2-3H2,1H3,(H,15,16). The van der Waals surface area contributed by atoms with Crippen LogP contribution >= 0.6 is 0 Å². The molecule has 1 aliphatic heterocycles.